The summed E-state index contributed by atoms with van der Waals surface area (Å²) in [5, 5.41) is 4.26. The fourth-order valence-electron chi connectivity index (χ4n) is 4.86. The molecule has 0 aromatic carbocycles. The predicted molar refractivity (Wildman–Crippen MR) is 101 cm³/mol. The largest absolute Gasteiger partial charge is 0.342 e. The molecule has 1 spiro atoms. The third-order valence-electron chi connectivity index (χ3n) is 6.56. The van der Waals surface area contributed by atoms with Crippen molar-refractivity contribution >= 4 is 11.8 Å². The normalized spacial score (nSPS) is 27.4. The monoisotopic (exact) mass is 382 g/mol. The van der Waals surface area contributed by atoms with Gasteiger partial charge in [-0.2, -0.15) is 5.10 Å². The lowest BCUT2D eigenvalue weighted by Gasteiger charge is -2.27. The van der Waals surface area contributed by atoms with E-state index in [-0.39, 0.29) is 17.7 Å². The fraction of sp³-hybridized carbons (Fsp3) is 0.600. The van der Waals surface area contributed by atoms with E-state index in [0.29, 0.717) is 24.7 Å². The Hall–Kier alpha value is -2.64. The average molecular weight is 382 g/mol. The lowest BCUT2D eigenvalue weighted by molar-refractivity contribution is -0.136. The lowest BCUT2D eigenvalue weighted by atomic mass is 9.75. The summed E-state index contributed by atoms with van der Waals surface area (Å²) < 4.78 is 3.54. The molecule has 148 valence electrons. The van der Waals surface area contributed by atoms with Crippen molar-refractivity contribution in [2.45, 2.75) is 25.2 Å². The van der Waals surface area contributed by atoms with Crippen molar-refractivity contribution in [1.82, 2.24) is 29.1 Å². The van der Waals surface area contributed by atoms with Crippen LogP contribution in [0.3, 0.4) is 0 Å². The van der Waals surface area contributed by atoms with Gasteiger partial charge in [0.2, 0.25) is 5.91 Å². The number of aryl methyl sites for hydroxylation is 2. The van der Waals surface area contributed by atoms with Gasteiger partial charge in [0.25, 0.3) is 5.91 Å². The Bertz CT molecular complexity index is 929. The van der Waals surface area contributed by atoms with E-state index in [9.17, 15) is 9.59 Å². The molecule has 1 saturated carbocycles. The molecule has 2 unspecified atom stereocenters. The minimum atomic E-state index is -0.562. The molecule has 2 aromatic heterocycles. The standard InChI is InChI=1S/C20H26N6O2/c1-23-11-17(21-13-23)15-10-26(18(27)16-5-7-24(2)22-16)12-20(15)6-8-25(19(20)28)9-14-3-4-14/h5,7,11,13-15H,3-4,6,8-10,12H2,1-2H3. The minimum Gasteiger partial charge on any atom is -0.342 e. The van der Waals surface area contributed by atoms with Crippen LogP contribution in [-0.2, 0) is 18.9 Å². The Morgan fingerprint density at radius 1 is 1.32 bits per heavy atom. The van der Waals surface area contributed by atoms with Crippen LogP contribution in [0.15, 0.2) is 24.8 Å². The van der Waals surface area contributed by atoms with E-state index < -0.39 is 5.41 Å². The maximum atomic E-state index is 13.5. The van der Waals surface area contributed by atoms with Crippen molar-refractivity contribution in [2.24, 2.45) is 25.4 Å². The smallest absolute Gasteiger partial charge is 0.274 e. The van der Waals surface area contributed by atoms with E-state index in [0.717, 1.165) is 25.2 Å². The molecule has 2 aromatic rings. The van der Waals surface area contributed by atoms with Crippen molar-refractivity contribution < 1.29 is 9.59 Å². The molecular formula is C20H26N6O2. The third kappa shape index (κ3) is 2.73. The van der Waals surface area contributed by atoms with Gasteiger partial charge < -0.3 is 14.4 Å². The highest BCUT2D eigenvalue weighted by molar-refractivity contribution is 5.94. The van der Waals surface area contributed by atoms with Gasteiger partial charge in [-0.3, -0.25) is 14.3 Å². The maximum absolute atomic E-state index is 13.5. The van der Waals surface area contributed by atoms with E-state index in [1.165, 1.54) is 12.8 Å². The zero-order chi connectivity index (χ0) is 19.5. The molecular weight excluding hydrogens is 356 g/mol. The minimum absolute atomic E-state index is 0.0712. The second-order valence-electron chi connectivity index (χ2n) is 8.68. The van der Waals surface area contributed by atoms with Crippen LogP contribution >= 0.6 is 0 Å². The molecule has 5 rings (SSSR count). The van der Waals surface area contributed by atoms with E-state index in [2.05, 4.69) is 10.1 Å². The van der Waals surface area contributed by atoms with Crippen molar-refractivity contribution in [3.63, 3.8) is 0 Å². The number of amides is 2. The van der Waals surface area contributed by atoms with Crippen LogP contribution in [-0.4, -0.2) is 67.1 Å². The van der Waals surface area contributed by atoms with E-state index in [4.69, 9.17) is 0 Å². The summed E-state index contributed by atoms with van der Waals surface area (Å²) in [6.45, 7) is 2.60. The van der Waals surface area contributed by atoms with Crippen LogP contribution in [0, 0.1) is 11.3 Å². The number of aromatic nitrogens is 4. The summed E-state index contributed by atoms with van der Waals surface area (Å²) in [4.78, 5) is 35.0. The molecule has 2 saturated heterocycles. The number of carbonyl (C=O) groups is 2. The second-order valence-corrected chi connectivity index (χ2v) is 8.68. The highest BCUT2D eigenvalue weighted by Crippen LogP contribution is 2.50. The Morgan fingerprint density at radius 3 is 2.79 bits per heavy atom. The number of hydrogen-bond acceptors (Lipinski definition) is 4. The van der Waals surface area contributed by atoms with Gasteiger partial charge >= 0.3 is 0 Å². The average Bonchev–Trinajstić information content (AvgIpc) is 3.01. The first kappa shape index (κ1) is 17.5. The highest BCUT2D eigenvalue weighted by Gasteiger charge is 2.59. The first-order valence-corrected chi connectivity index (χ1v) is 10.0. The summed E-state index contributed by atoms with van der Waals surface area (Å²) in [5.74, 6) is 0.691. The van der Waals surface area contributed by atoms with Gasteiger partial charge in [-0.15, -0.1) is 0 Å². The zero-order valence-electron chi connectivity index (χ0n) is 16.4. The number of hydrogen-bond donors (Lipinski definition) is 0. The summed E-state index contributed by atoms with van der Waals surface area (Å²) in [6, 6.07) is 1.74. The van der Waals surface area contributed by atoms with Crippen molar-refractivity contribution in [1.29, 1.82) is 0 Å². The van der Waals surface area contributed by atoms with Crippen LogP contribution in [0.5, 0.6) is 0 Å². The van der Waals surface area contributed by atoms with E-state index >= 15 is 0 Å². The SMILES string of the molecule is Cn1cnc(C2CN(C(=O)c3ccn(C)n3)CC23CCN(CC2CC2)C3=O)c1. The molecule has 8 heteroatoms. The lowest BCUT2D eigenvalue weighted by Crippen LogP contribution is -2.41. The fourth-order valence-corrected chi connectivity index (χ4v) is 4.86. The zero-order valence-corrected chi connectivity index (χ0v) is 16.4. The highest BCUT2D eigenvalue weighted by atomic mass is 16.2. The molecule has 2 aliphatic heterocycles. The molecule has 2 amide bonds. The number of carbonyl (C=O) groups excluding carboxylic acids is 2. The quantitative estimate of drug-likeness (QED) is 0.791. The van der Waals surface area contributed by atoms with Gasteiger partial charge in [-0.05, 0) is 31.2 Å². The molecule has 0 bridgehead atoms. The van der Waals surface area contributed by atoms with Crippen LogP contribution in [0.2, 0.25) is 0 Å². The van der Waals surface area contributed by atoms with Crippen LogP contribution in [0.4, 0.5) is 0 Å². The summed E-state index contributed by atoms with van der Waals surface area (Å²) in [6.07, 6.45) is 8.76. The van der Waals surface area contributed by atoms with Crippen molar-refractivity contribution in [3.8, 4) is 0 Å². The van der Waals surface area contributed by atoms with Gasteiger partial charge in [0.15, 0.2) is 0 Å². The first-order chi connectivity index (χ1) is 13.5. The van der Waals surface area contributed by atoms with Gasteiger partial charge in [0, 0.05) is 58.6 Å². The van der Waals surface area contributed by atoms with Crippen LogP contribution in [0.25, 0.3) is 0 Å². The summed E-state index contributed by atoms with van der Waals surface area (Å²) >= 11 is 0. The first-order valence-electron chi connectivity index (χ1n) is 10.0. The summed E-state index contributed by atoms with van der Waals surface area (Å²) in [5.41, 5.74) is 0.772. The molecule has 0 N–H and O–H groups in total. The van der Waals surface area contributed by atoms with E-state index in [1.807, 2.05) is 22.7 Å². The topological polar surface area (TPSA) is 76.3 Å². The van der Waals surface area contributed by atoms with Gasteiger partial charge in [-0.25, -0.2) is 4.98 Å². The molecule has 3 fully saturated rings. The molecule has 4 heterocycles. The van der Waals surface area contributed by atoms with Gasteiger partial charge in [0.1, 0.15) is 5.69 Å². The van der Waals surface area contributed by atoms with Crippen molar-refractivity contribution in [2.75, 3.05) is 26.2 Å². The Kier molecular flexibility index (Phi) is 3.86. The molecule has 8 nitrogen and oxygen atoms in total. The van der Waals surface area contributed by atoms with Gasteiger partial charge in [0.05, 0.1) is 17.4 Å². The number of likely N-dealkylation sites (tertiary alicyclic amines) is 2. The molecule has 28 heavy (non-hydrogen) atoms. The van der Waals surface area contributed by atoms with Crippen molar-refractivity contribution in [3.05, 3.63) is 36.2 Å². The third-order valence-corrected chi connectivity index (χ3v) is 6.56. The number of nitrogens with zero attached hydrogens (tertiary/aromatic N) is 6. The summed E-state index contributed by atoms with van der Waals surface area (Å²) in [7, 11) is 3.74. The second kappa shape index (κ2) is 6.18. The Labute approximate surface area is 164 Å². The molecule has 1 aliphatic carbocycles. The van der Waals surface area contributed by atoms with Crippen LogP contribution in [0.1, 0.15) is 41.4 Å². The van der Waals surface area contributed by atoms with Crippen LogP contribution < -0.4 is 0 Å². The molecule has 3 aliphatic rings. The maximum Gasteiger partial charge on any atom is 0.274 e. The Balaban J connectivity index is 1.46. The molecule has 0 radical (unpaired) electrons. The number of rotatable bonds is 4. The predicted octanol–water partition coefficient (Wildman–Crippen LogP) is 1.02. The molecule has 2 atom stereocenters. The number of imidazole rings is 1. The van der Waals surface area contributed by atoms with Gasteiger partial charge in [-0.1, -0.05) is 0 Å². The van der Waals surface area contributed by atoms with E-state index in [1.54, 1.807) is 35.2 Å². The Morgan fingerprint density at radius 2 is 2.14 bits per heavy atom.